The highest BCUT2D eigenvalue weighted by Gasteiger charge is 2.44. The van der Waals surface area contributed by atoms with Gasteiger partial charge in [-0.15, -0.1) is 0 Å². The van der Waals surface area contributed by atoms with Gasteiger partial charge in [-0.3, -0.25) is 4.79 Å². The molecule has 0 saturated carbocycles. The number of hydrogen-bond donors (Lipinski definition) is 6. The first kappa shape index (κ1) is 60.9. The molecule has 0 aromatic rings. The third-order valence-corrected chi connectivity index (χ3v) is 13.6. The highest BCUT2D eigenvalue weighted by Crippen LogP contribution is 2.23. The molecule has 1 saturated heterocycles. The van der Waals surface area contributed by atoms with Crippen LogP contribution in [0.2, 0.25) is 0 Å². The molecule has 1 amide bonds. The monoisotopic (exact) mass is 910 g/mol. The van der Waals surface area contributed by atoms with Crippen molar-refractivity contribution in [1.82, 2.24) is 5.32 Å². The van der Waals surface area contributed by atoms with Crippen molar-refractivity contribution >= 4 is 5.91 Å². The lowest BCUT2D eigenvalue weighted by molar-refractivity contribution is -0.302. The molecule has 0 radical (unpaired) electrons. The van der Waals surface area contributed by atoms with E-state index in [-0.39, 0.29) is 12.5 Å². The Morgan fingerprint density at radius 2 is 0.859 bits per heavy atom. The van der Waals surface area contributed by atoms with Gasteiger partial charge in [0.15, 0.2) is 6.29 Å². The number of rotatable bonds is 48. The van der Waals surface area contributed by atoms with Gasteiger partial charge in [0.2, 0.25) is 5.91 Å². The van der Waals surface area contributed by atoms with Crippen LogP contribution in [0.5, 0.6) is 0 Å². The summed E-state index contributed by atoms with van der Waals surface area (Å²) in [6.45, 7) is 3.79. The Hall–Kier alpha value is -1.07. The second-order valence-corrected chi connectivity index (χ2v) is 19.7. The van der Waals surface area contributed by atoms with Gasteiger partial charge in [0.25, 0.3) is 0 Å². The summed E-state index contributed by atoms with van der Waals surface area (Å²) in [5.74, 6) is -0.172. The second kappa shape index (κ2) is 45.7. The lowest BCUT2D eigenvalue weighted by Crippen LogP contribution is -2.60. The largest absolute Gasteiger partial charge is 0.394 e. The zero-order valence-electron chi connectivity index (χ0n) is 42.1. The quantitative estimate of drug-likeness (QED) is 0.0261. The summed E-state index contributed by atoms with van der Waals surface area (Å²) in [5.41, 5.74) is 0. The predicted octanol–water partition coefficient (Wildman–Crippen LogP) is 13.2. The van der Waals surface area contributed by atoms with E-state index in [4.69, 9.17) is 9.47 Å². The van der Waals surface area contributed by atoms with Gasteiger partial charge in [-0.05, 0) is 19.3 Å². The smallest absolute Gasteiger partial charge is 0.220 e. The molecule has 0 bridgehead atoms. The highest BCUT2D eigenvalue weighted by atomic mass is 16.7. The fourth-order valence-electron chi connectivity index (χ4n) is 9.16. The van der Waals surface area contributed by atoms with Gasteiger partial charge < -0.3 is 40.3 Å². The molecule has 64 heavy (non-hydrogen) atoms. The number of allylic oxidation sites excluding steroid dienone is 1. The Labute approximate surface area is 395 Å². The maximum atomic E-state index is 13.0. The minimum Gasteiger partial charge on any atom is -0.394 e. The fourth-order valence-corrected chi connectivity index (χ4v) is 9.16. The molecule has 0 aromatic carbocycles. The number of nitrogens with one attached hydrogen (secondary N) is 1. The van der Waals surface area contributed by atoms with Gasteiger partial charge in [0.05, 0.1) is 25.4 Å². The number of carbonyl (C=O) groups is 1. The topological polar surface area (TPSA) is 149 Å². The Balaban J connectivity index is 2.13. The predicted molar refractivity (Wildman–Crippen MR) is 267 cm³/mol. The minimum atomic E-state index is -1.56. The van der Waals surface area contributed by atoms with Gasteiger partial charge >= 0.3 is 0 Å². The van der Waals surface area contributed by atoms with E-state index in [1.165, 1.54) is 218 Å². The summed E-state index contributed by atoms with van der Waals surface area (Å²) in [6, 6.07) is -0.799. The molecule has 0 aliphatic carbocycles. The minimum absolute atomic E-state index is 0.172. The molecule has 1 fully saturated rings. The maximum Gasteiger partial charge on any atom is 0.220 e. The first-order chi connectivity index (χ1) is 31.3. The van der Waals surface area contributed by atoms with Crippen molar-refractivity contribution < 1.29 is 39.8 Å². The molecule has 9 nitrogen and oxygen atoms in total. The number of carbonyl (C=O) groups excluding carboxylic acids is 1. The van der Waals surface area contributed by atoms with Crippen LogP contribution in [-0.4, -0.2) is 87.5 Å². The highest BCUT2D eigenvalue weighted by molar-refractivity contribution is 5.76. The van der Waals surface area contributed by atoms with Crippen molar-refractivity contribution in [2.75, 3.05) is 13.2 Å². The number of ether oxygens (including phenoxy) is 2. The molecular weight excluding hydrogens is 803 g/mol. The van der Waals surface area contributed by atoms with E-state index in [0.29, 0.717) is 6.42 Å². The van der Waals surface area contributed by atoms with Crippen LogP contribution in [0.3, 0.4) is 0 Å². The van der Waals surface area contributed by atoms with E-state index < -0.39 is 49.5 Å². The summed E-state index contributed by atoms with van der Waals surface area (Å²) < 4.78 is 11.2. The van der Waals surface area contributed by atoms with E-state index in [0.717, 1.165) is 38.5 Å². The van der Waals surface area contributed by atoms with E-state index in [2.05, 4.69) is 19.2 Å². The van der Waals surface area contributed by atoms with Gasteiger partial charge in [-0.25, -0.2) is 0 Å². The number of unbranched alkanes of at least 4 members (excludes halogenated alkanes) is 38. The zero-order valence-corrected chi connectivity index (χ0v) is 42.1. The van der Waals surface area contributed by atoms with Crippen molar-refractivity contribution in [1.29, 1.82) is 0 Å². The lowest BCUT2D eigenvalue weighted by Gasteiger charge is -2.40. The second-order valence-electron chi connectivity index (χ2n) is 19.7. The number of amides is 1. The Morgan fingerprint density at radius 3 is 1.22 bits per heavy atom. The van der Waals surface area contributed by atoms with Crippen LogP contribution >= 0.6 is 0 Å². The molecule has 1 rings (SSSR count). The van der Waals surface area contributed by atoms with Crippen LogP contribution in [-0.2, 0) is 14.3 Å². The first-order valence-corrected chi connectivity index (χ1v) is 27.9. The lowest BCUT2D eigenvalue weighted by atomic mass is 9.99. The number of aliphatic hydroxyl groups excluding tert-OH is 5. The molecule has 6 N–H and O–H groups in total. The summed E-state index contributed by atoms with van der Waals surface area (Å²) in [6.07, 6.45) is 48.6. The Kier molecular flexibility index (Phi) is 43.5. The van der Waals surface area contributed by atoms with Crippen molar-refractivity contribution in [2.45, 2.75) is 320 Å². The molecule has 0 aromatic heterocycles. The average molecular weight is 910 g/mol. The van der Waals surface area contributed by atoms with Gasteiger partial charge in [0, 0.05) is 6.42 Å². The van der Waals surface area contributed by atoms with Crippen LogP contribution < -0.4 is 5.32 Å². The molecule has 380 valence electrons. The van der Waals surface area contributed by atoms with Crippen LogP contribution in [0, 0.1) is 0 Å². The standard InChI is InChI=1S/C55H107NO8/c1-3-5-7-9-11-13-15-17-18-19-20-21-22-23-24-25-26-27-28-29-30-31-32-33-35-37-39-41-43-45-51(59)56-48(47-63-55-54(62)53(61)52(60)50(46-57)64-55)49(58)44-42-40-38-36-34-16-14-12-10-8-6-4-2/h42,44,48-50,52-55,57-58,60-62H,3-41,43,45-47H2,1-2H3,(H,56,59)/b44-42+. The molecule has 1 aliphatic rings. The number of aliphatic hydroxyl groups is 5. The van der Waals surface area contributed by atoms with Gasteiger partial charge in [-0.2, -0.15) is 0 Å². The van der Waals surface area contributed by atoms with Gasteiger partial charge in [0.1, 0.15) is 24.4 Å². The molecular formula is C55H107NO8. The molecule has 1 aliphatic heterocycles. The van der Waals surface area contributed by atoms with E-state index >= 15 is 0 Å². The third kappa shape index (κ3) is 35.1. The molecule has 9 heteroatoms. The SMILES string of the molecule is CCCCCCCCCCCC/C=C/C(O)C(COC1OC(CO)C(O)C(O)C1O)NC(=O)CCCCCCCCCCCCCCCCCCCCCCCCCCCCCCC. The van der Waals surface area contributed by atoms with Crippen LogP contribution in [0.25, 0.3) is 0 Å². The first-order valence-electron chi connectivity index (χ1n) is 27.9. The zero-order chi connectivity index (χ0) is 46.6. The average Bonchev–Trinajstić information content (AvgIpc) is 3.29. The van der Waals surface area contributed by atoms with Crippen molar-refractivity contribution in [3.05, 3.63) is 12.2 Å². The molecule has 7 unspecified atom stereocenters. The Morgan fingerprint density at radius 1 is 0.516 bits per heavy atom. The van der Waals surface area contributed by atoms with Crippen LogP contribution in [0.1, 0.15) is 277 Å². The van der Waals surface area contributed by atoms with E-state index in [9.17, 15) is 30.3 Å². The molecule has 7 atom stereocenters. The normalized spacial score (nSPS) is 20.0. The summed E-state index contributed by atoms with van der Waals surface area (Å²) in [4.78, 5) is 13.0. The number of hydrogen-bond acceptors (Lipinski definition) is 8. The van der Waals surface area contributed by atoms with Gasteiger partial charge in [-0.1, -0.05) is 264 Å². The molecule has 1 heterocycles. The summed E-state index contributed by atoms with van der Waals surface area (Å²) >= 11 is 0. The van der Waals surface area contributed by atoms with Crippen LogP contribution in [0.4, 0.5) is 0 Å². The molecule has 0 spiro atoms. The van der Waals surface area contributed by atoms with Crippen molar-refractivity contribution in [3.8, 4) is 0 Å². The summed E-state index contributed by atoms with van der Waals surface area (Å²) in [5, 5.41) is 54.3. The van der Waals surface area contributed by atoms with Crippen molar-refractivity contribution in [2.24, 2.45) is 0 Å². The maximum absolute atomic E-state index is 13.0. The van der Waals surface area contributed by atoms with E-state index in [1.54, 1.807) is 6.08 Å². The van der Waals surface area contributed by atoms with Crippen LogP contribution in [0.15, 0.2) is 12.2 Å². The van der Waals surface area contributed by atoms with Crippen molar-refractivity contribution in [3.63, 3.8) is 0 Å². The third-order valence-electron chi connectivity index (χ3n) is 13.6. The van der Waals surface area contributed by atoms with E-state index in [1.807, 2.05) is 6.08 Å². The Bertz CT molecular complexity index is 1010. The fraction of sp³-hybridized carbons (Fsp3) is 0.945. The summed E-state index contributed by atoms with van der Waals surface area (Å²) in [7, 11) is 0.